The minimum Gasteiger partial charge on any atom is -0.271 e. The first-order chi connectivity index (χ1) is 9.82. The van der Waals surface area contributed by atoms with Crippen LogP contribution in [-0.4, -0.2) is 19.4 Å². The van der Waals surface area contributed by atoms with E-state index in [2.05, 4.69) is 54.7 Å². The number of nitrogens with one attached hydrogen (secondary N) is 1. The third-order valence-electron chi connectivity index (χ3n) is 3.35. The summed E-state index contributed by atoms with van der Waals surface area (Å²) in [6.07, 6.45) is 2.73. The standard InChI is InChI=1S/C14H24N6S/c1-9(2)20-7-6-10(18-20)8-11(16-15)12-13(14(3,4)5)17-19-21-12/h6-7,9,11,16H,8,15H2,1-5H3. The molecule has 0 saturated heterocycles. The number of hydrogen-bond acceptors (Lipinski definition) is 6. The normalized spacial score (nSPS) is 13.9. The summed E-state index contributed by atoms with van der Waals surface area (Å²) in [6, 6.07) is 2.38. The smallest absolute Gasteiger partial charge is 0.0857 e. The number of hydrogen-bond donors (Lipinski definition) is 2. The molecule has 1 unspecified atom stereocenters. The Kier molecular flexibility index (Phi) is 4.75. The molecule has 3 N–H and O–H groups in total. The van der Waals surface area contributed by atoms with Gasteiger partial charge in [-0.3, -0.25) is 16.0 Å². The van der Waals surface area contributed by atoms with Crippen LogP contribution in [-0.2, 0) is 11.8 Å². The first-order valence-electron chi connectivity index (χ1n) is 7.15. The van der Waals surface area contributed by atoms with Crippen LogP contribution < -0.4 is 11.3 Å². The average molecular weight is 308 g/mol. The van der Waals surface area contributed by atoms with Crippen LogP contribution in [0, 0.1) is 0 Å². The Morgan fingerprint density at radius 3 is 2.62 bits per heavy atom. The zero-order valence-corrected chi connectivity index (χ0v) is 14.1. The van der Waals surface area contributed by atoms with Crippen LogP contribution in [0.25, 0.3) is 0 Å². The van der Waals surface area contributed by atoms with E-state index in [0.717, 1.165) is 22.7 Å². The third-order valence-corrected chi connectivity index (χ3v) is 4.19. The van der Waals surface area contributed by atoms with E-state index in [4.69, 9.17) is 5.84 Å². The Hall–Kier alpha value is -1.31. The zero-order valence-electron chi connectivity index (χ0n) is 13.3. The van der Waals surface area contributed by atoms with Gasteiger partial charge in [0.15, 0.2) is 0 Å². The molecule has 0 aliphatic heterocycles. The lowest BCUT2D eigenvalue weighted by Gasteiger charge is -2.20. The van der Waals surface area contributed by atoms with E-state index in [1.807, 2.05) is 16.9 Å². The Balaban J connectivity index is 2.22. The van der Waals surface area contributed by atoms with Crippen LogP contribution in [0.4, 0.5) is 0 Å². The topological polar surface area (TPSA) is 81.7 Å². The van der Waals surface area contributed by atoms with Gasteiger partial charge in [-0.1, -0.05) is 25.3 Å². The Morgan fingerprint density at radius 2 is 2.10 bits per heavy atom. The monoisotopic (exact) mass is 308 g/mol. The van der Waals surface area contributed by atoms with Crippen molar-refractivity contribution in [1.82, 2.24) is 24.8 Å². The molecule has 0 amide bonds. The highest BCUT2D eigenvalue weighted by Gasteiger charge is 2.27. The van der Waals surface area contributed by atoms with Gasteiger partial charge < -0.3 is 0 Å². The van der Waals surface area contributed by atoms with Gasteiger partial charge in [-0.15, -0.1) is 5.10 Å². The third kappa shape index (κ3) is 3.66. The lowest BCUT2D eigenvalue weighted by Crippen LogP contribution is -2.31. The van der Waals surface area contributed by atoms with Crippen molar-refractivity contribution < 1.29 is 0 Å². The molecule has 6 nitrogen and oxygen atoms in total. The van der Waals surface area contributed by atoms with E-state index in [1.165, 1.54) is 11.5 Å². The van der Waals surface area contributed by atoms with Crippen molar-refractivity contribution in [1.29, 1.82) is 0 Å². The average Bonchev–Trinajstić information content (AvgIpc) is 3.04. The van der Waals surface area contributed by atoms with Gasteiger partial charge >= 0.3 is 0 Å². The molecule has 116 valence electrons. The summed E-state index contributed by atoms with van der Waals surface area (Å²) in [5.41, 5.74) is 4.85. The van der Waals surface area contributed by atoms with Crippen LogP contribution in [0.5, 0.6) is 0 Å². The largest absolute Gasteiger partial charge is 0.271 e. The van der Waals surface area contributed by atoms with Crippen LogP contribution >= 0.6 is 11.5 Å². The van der Waals surface area contributed by atoms with Crippen molar-refractivity contribution in [3.63, 3.8) is 0 Å². The predicted octanol–water partition coefficient (Wildman–Crippen LogP) is 2.36. The highest BCUT2D eigenvalue weighted by Crippen LogP contribution is 2.31. The van der Waals surface area contributed by atoms with Crippen molar-refractivity contribution in [2.75, 3.05) is 0 Å². The fourth-order valence-corrected chi connectivity index (χ4v) is 3.08. The van der Waals surface area contributed by atoms with Crippen molar-refractivity contribution in [2.24, 2.45) is 5.84 Å². The minimum atomic E-state index is -0.0469. The van der Waals surface area contributed by atoms with E-state index >= 15 is 0 Å². The number of nitrogens with two attached hydrogens (primary N) is 1. The maximum absolute atomic E-state index is 5.76. The fraction of sp³-hybridized carbons (Fsp3) is 0.643. The lowest BCUT2D eigenvalue weighted by atomic mass is 9.89. The number of aromatic nitrogens is 4. The summed E-state index contributed by atoms with van der Waals surface area (Å²) in [7, 11) is 0. The van der Waals surface area contributed by atoms with Gasteiger partial charge in [-0.25, -0.2) is 0 Å². The Labute approximate surface area is 129 Å². The Bertz CT molecular complexity index is 580. The lowest BCUT2D eigenvalue weighted by molar-refractivity contribution is 0.496. The highest BCUT2D eigenvalue weighted by molar-refractivity contribution is 7.05. The molecule has 2 heterocycles. The minimum absolute atomic E-state index is 0.0188. The van der Waals surface area contributed by atoms with Gasteiger partial charge in [0.2, 0.25) is 0 Å². The first kappa shape index (κ1) is 16.1. The van der Waals surface area contributed by atoms with Crippen LogP contribution in [0.2, 0.25) is 0 Å². The summed E-state index contributed by atoms with van der Waals surface area (Å²) in [5.74, 6) is 5.76. The molecule has 0 fully saturated rings. The molecule has 21 heavy (non-hydrogen) atoms. The molecule has 0 bridgehead atoms. The van der Waals surface area contributed by atoms with Crippen molar-refractivity contribution in [2.45, 2.75) is 58.5 Å². The number of rotatable bonds is 5. The summed E-state index contributed by atoms with van der Waals surface area (Å²) < 4.78 is 6.06. The van der Waals surface area contributed by atoms with Gasteiger partial charge in [-0.05, 0) is 31.4 Å². The maximum atomic E-state index is 5.76. The zero-order chi connectivity index (χ0) is 15.6. The second-order valence-electron chi connectivity index (χ2n) is 6.54. The van der Waals surface area contributed by atoms with E-state index in [0.29, 0.717) is 6.04 Å². The van der Waals surface area contributed by atoms with Gasteiger partial charge in [-0.2, -0.15) is 5.10 Å². The molecule has 0 aliphatic carbocycles. The molecule has 0 radical (unpaired) electrons. The maximum Gasteiger partial charge on any atom is 0.0857 e. The first-order valence-corrected chi connectivity index (χ1v) is 7.93. The molecular formula is C14H24N6S. The number of nitrogens with zero attached hydrogens (tertiary/aromatic N) is 4. The Morgan fingerprint density at radius 1 is 1.38 bits per heavy atom. The van der Waals surface area contributed by atoms with Gasteiger partial charge in [0.1, 0.15) is 0 Å². The van der Waals surface area contributed by atoms with Crippen LogP contribution in [0.15, 0.2) is 12.3 Å². The molecule has 2 aromatic rings. The summed E-state index contributed by atoms with van der Waals surface area (Å²) in [6.45, 7) is 10.6. The molecule has 0 saturated carbocycles. The van der Waals surface area contributed by atoms with Crippen LogP contribution in [0.3, 0.4) is 0 Å². The molecular weight excluding hydrogens is 284 g/mol. The van der Waals surface area contributed by atoms with E-state index in [1.54, 1.807) is 0 Å². The fourth-order valence-electron chi connectivity index (χ4n) is 2.16. The second-order valence-corrected chi connectivity index (χ2v) is 7.33. The molecule has 7 heteroatoms. The molecule has 2 rings (SSSR count). The van der Waals surface area contributed by atoms with E-state index in [9.17, 15) is 0 Å². The quantitative estimate of drug-likeness (QED) is 0.654. The molecule has 0 aliphatic rings. The van der Waals surface area contributed by atoms with Crippen molar-refractivity contribution in [3.8, 4) is 0 Å². The molecule has 0 spiro atoms. The van der Waals surface area contributed by atoms with Gasteiger partial charge in [0.05, 0.1) is 22.3 Å². The SMILES string of the molecule is CC(C)n1ccc(CC(NN)c2snnc2C(C)(C)C)n1. The predicted molar refractivity (Wildman–Crippen MR) is 85.0 cm³/mol. The summed E-state index contributed by atoms with van der Waals surface area (Å²) in [5, 5.41) is 8.86. The van der Waals surface area contributed by atoms with Gasteiger partial charge in [0, 0.05) is 24.1 Å². The van der Waals surface area contributed by atoms with E-state index in [-0.39, 0.29) is 11.5 Å². The molecule has 2 aromatic heterocycles. The highest BCUT2D eigenvalue weighted by atomic mass is 32.1. The van der Waals surface area contributed by atoms with Crippen molar-refractivity contribution in [3.05, 3.63) is 28.5 Å². The van der Waals surface area contributed by atoms with Crippen LogP contribution in [0.1, 0.15) is 63.0 Å². The van der Waals surface area contributed by atoms with E-state index < -0.39 is 0 Å². The second kappa shape index (κ2) is 6.21. The van der Waals surface area contributed by atoms with Crippen molar-refractivity contribution >= 4 is 11.5 Å². The summed E-state index contributed by atoms with van der Waals surface area (Å²) in [4.78, 5) is 1.09. The van der Waals surface area contributed by atoms with Gasteiger partial charge in [0.25, 0.3) is 0 Å². The summed E-state index contributed by atoms with van der Waals surface area (Å²) >= 11 is 1.40. The molecule has 1 atom stereocenters. The molecule has 0 aromatic carbocycles. The number of hydrazine groups is 1.